The Labute approximate surface area is 175 Å². The van der Waals surface area contributed by atoms with Crippen LogP contribution in [-0.4, -0.2) is 20.7 Å². The van der Waals surface area contributed by atoms with E-state index in [-0.39, 0.29) is 5.91 Å². The molecule has 0 spiro atoms. The molecule has 0 aliphatic heterocycles. The van der Waals surface area contributed by atoms with Crippen molar-refractivity contribution in [1.29, 1.82) is 0 Å². The Morgan fingerprint density at radius 1 is 0.933 bits per heavy atom. The molecule has 0 bridgehead atoms. The van der Waals surface area contributed by atoms with Crippen molar-refractivity contribution in [2.45, 2.75) is 20.8 Å². The van der Waals surface area contributed by atoms with Gasteiger partial charge in [-0.3, -0.25) is 4.79 Å². The number of aryl methyl sites for hydroxylation is 2. The Kier molecular flexibility index (Phi) is 5.30. The Hall–Kier alpha value is -3.93. The van der Waals surface area contributed by atoms with Gasteiger partial charge >= 0.3 is 0 Å². The lowest BCUT2D eigenvalue weighted by molar-refractivity contribution is -0.114. The van der Waals surface area contributed by atoms with E-state index in [1.807, 2.05) is 54.1 Å². The average Bonchev–Trinajstić information content (AvgIpc) is 3.11. The van der Waals surface area contributed by atoms with E-state index in [9.17, 15) is 4.79 Å². The number of nitrogens with one attached hydrogen (secondary N) is 2. The number of anilines is 3. The summed E-state index contributed by atoms with van der Waals surface area (Å²) in [5.74, 6) is 0.639. The van der Waals surface area contributed by atoms with E-state index in [1.54, 1.807) is 6.20 Å². The number of nitrogens with zero attached hydrogens (tertiary/aromatic N) is 3. The highest BCUT2D eigenvalue weighted by Gasteiger charge is 2.11. The topological polar surface area (TPSA) is 71.8 Å². The third-order valence-electron chi connectivity index (χ3n) is 4.61. The van der Waals surface area contributed by atoms with Crippen LogP contribution in [0.4, 0.5) is 17.2 Å². The molecule has 0 fully saturated rings. The van der Waals surface area contributed by atoms with Gasteiger partial charge in [0.2, 0.25) is 5.91 Å². The van der Waals surface area contributed by atoms with E-state index in [4.69, 9.17) is 0 Å². The lowest BCUT2D eigenvalue weighted by atomic mass is 10.1. The Bertz CT molecular complexity index is 1190. The predicted octanol–water partition coefficient (Wildman–Crippen LogP) is 5.25. The second-order valence-corrected chi connectivity index (χ2v) is 7.24. The minimum atomic E-state index is -0.0920. The van der Waals surface area contributed by atoms with Crippen molar-refractivity contribution in [3.05, 3.63) is 84.2 Å². The van der Waals surface area contributed by atoms with Crippen LogP contribution in [0.2, 0.25) is 0 Å². The van der Waals surface area contributed by atoms with Gasteiger partial charge in [0.05, 0.1) is 17.1 Å². The maximum absolute atomic E-state index is 11.2. The first kappa shape index (κ1) is 19.4. The number of hydrogen-bond acceptors (Lipinski definition) is 4. The Balaban J connectivity index is 1.62. The lowest BCUT2D eigenvalue weighted by Gasteiger charge is -2.11. The molecule has 2 aromatic carbocycles. The van der Waals surface area contributed by atoms with Gasteiger partial charge in [0.15, 0.2) is 0 Å². The minimum absolute atomic E-state index is 0.0920. The first-order valence-corrected chi connectivity index (χ1v) is 9.73. The normalized spacial score (nSPS) is 10.6. The van der Waals surface area contributed by atoms with Gasteiger partial charge in [-0.2, -0.15) is 5.10 Å². The molecule has 30 heavy (non-hydrogen) atoms. The van der Waals surface area contributed by atoms with Gasteiger partial charge < -0.3 is 10.6 Å². The van der Waals surface area contributed by atoms with E-state index in [0.717, 1.165) is 39.8 Å². The number of benzene rings is 2. The van der Waals surface area contributed by atoms with Gasteiger partial charge in [0, 0.05) is 30.1 Å². The molecule has 0 radical (unpaired) electrons. The molecule has 6 heteroatoms. The molecule has 2 N–H and O–H groups in total. The van der Waals surface area contributed by atoms with E-state index >= 15 is 0 Å². The standard InChI is InChI=1S/C24H23N5O/c1-16-5-4-6-22(13-16)29-23(14-17(2)28-29)19-11-12-25-24(15-19)27-21-9-7-20(8-10-21)26-18(3)30/h4-15H,1-3H3,(H,25,27)(H,26,30). The average molecular weight is 397 g/mol. The van der Waals surface area contributed by atoms with Crippen molar-refractivity contribution in [3.63, 3.8) is 0 Å². The summed E-state index contributed by atoms with van der Waals surface area (Å²) >= 11 is 0. The number of carbonyl (C=O) groups is 1. The van der Waals surface area contributed by atoms with Crippen LogP contribution in [0, 0.1) is 13.8 Å². The highest BCUT2D eigenvalue weighted by molar-refractivity contribution is 5.88. The molecule has 6 nitrogen and oxygen atoms in total. The summed E-state index contributed by atoms with van der Waals surface area (Å²) in [5.41, 5.74) is 6.83. The van der Waals surface area contributed by atoms with E-state index in [2.05, 4.69) is 51.9 Å². The molecule has 0 saturated heterocycles. The van der Waals surface area contributed by atoms with Crippen molar-refractivity contribution in [3.8, 4) is 16.9 Å². The lowest BCUT2D eigenvalue weighted by Crippen LogP contribution is -2.05. The molecule has 1 amide bonds. The van der Waals surface area contributed by atoms with E-state index in [0.29, 0.717) is 0 Å². The highest BCUT2D eigenvalue weighted by atomic mass is 16.1. The molecule has 150 valence electrons. The predicted molar refractivity (Wildman–Crippen MR) is 120 cm³/mol. The fourth-order valence-electron chi connectivity index (χ4n) is 3.31. The van der Waals surface area contributed by atoms with Crippen molar-refractivity contribution >= 4 is 23.1 Å². The summed E-state index contributed by atoms with van der Waals surface area (Å²) in [6.07, 6.45) is 1.78. The zero-order valence-electron chi connectivity index (χ0n) is 17.2. The molecule has 2 heterocycles. The summed E-state index contributed by atoms with van der Waals surface area (Å²) in [5, 5.41) is 10.8. The molecule has 0 unspecified atom stereocenters. The molecule has 0 aliphatic carbocycles. The number of carbonyl (C=O) groups excluding carboxylic acids is 1. The van der Waals surface area contributed by atoms with Gasteiger partial charge in [0.1, 0.15) is 5.82 Å². The molecule has 0 atom stereocenters. The van der Waals surface area contributed by atoms with Gasteiger partial charge in [-0.25, -0.2) is 9.67 Å². The third kappa shape index (κ3) is 4.38. The highest BCUT2D eigenvalue weighted by Crippen LogP contribution is 2.27. The zero-order chi connectivity index (χ0) is 21.1. The van der Waals surface area contributed by atoms with Crippen LogP contribution in [-0.2, 0) is 4.79 Å². The third-order valence-corrected chi connectivity index (χ3v) is 4.61. The fourth-order valence-corrected chi connectivity index (χ4v) is 3.31. The molecule has 0 aliphatic rings. The van der Waals surface area contributed by atoms with Crippen LogP contribution in [0.5, 0.6) is 0 Å². The van der Waals surface area contributed by atoms with E-state index in [1.165, 1.54) is 12.5 Å². The largest absolute Gasteiger partial charge is 0.340 e. The van der Waals surface area contributed by atoms with Crippen LogP contribution in [0.1, 0.15) is 18.2 Å². The van der Waals surface area contributed by atoms with Gasteiger partial charge in [-0.1, -0.05) is 12.1 Å². The monoisotopic (exact) mass is 397 g/mol. The van der Waals surface area contributed by atoms with E-state index < -0.39 is 0 Å². The quantitative estimate of drug-likeness (QED) is 0.482. The summed E-state index contributed by atoms with van der Waals surface area (Å²) in [6, 6.07) is 21.9. The van der Waals surface area contributed by atoms with Gasteiger partial charge in [0.25, 0.3) is 0 Å². The molecule has 4 aromatic rings. The smallest absolute Gasteiger partial charge is 0.221 e. The number of rotatable bonds is 5. The summed E-state index contributed by atoms with van der Waals surface area (Å²) in [4.78, 5) is 15.6. The minimum Gasteiger partial charge on any atom is -0.340 e. The zero-order valence-corrected chi connectivity index (χ0v) is 17.2. The van der Waals surface area contributed by atoms with Crippen molar-refractivity contribution in [2.24, 2.45) is 0 Å². The van der Waals surface area contributed by atoms with Gasteiger partial charge in [-0.05, 0) is 74.0 Å². The second kappa shape index (κ2) is 8.21. The Morgan fingerprint density at radius 3 is 2.43 bits per heavy atom. The molecule has 0 saturated carbocycles. The number of aromatic nitrogens is 3. The first-order valence-electron chi connectivity index (χ1n) is 9.73. The van der Waals surface area contributed by atoms with Crippen LogP contribution in [0.3, 0.4) is 0 Å². The van der Waals surface area contributed by atoms with Crippen LogP contribution < -0.4 is 10.6 Å². The second-order valence-electron chi connectivity index (χ2n) is 7.24. The summed E-state index contributed by atoms with van der Waals surface area (Å²) in [6.45, 7) is 5.56. The molecular weight excluding hydrogens is 374 g/mol. The fraction of sp³-hybridized carbons (Fsp3) is 0.125. The van der Waals surface area contributed by atoms with Crippen molar-refractivity contribution in [2.75, 3.05) is 10.6 Å². The number of pyridine rings is 1. The summed E-state index contributed by atoms with van der Waals surface area (Å²) in [7, 11) is 0. The van der Waals surface area contributed by atoms with Crippen molar-refractivity contribution in [1.82, 2.24) is 14.8 Å². The first-order chi connectivity index (χ1) is 14.5. The molecule has 4 rings (SSSR count). The van der Waals surface area contributed by atoms with Crippen LogP contribution >= 0.6 is 0 Å². The molecular formula is C24H23N5O. The SMILES string of the molecule is CC(=O)Nc1ccc(Nc2cc(-c3cc(C)nn3-c3cccc(C)c3)ccn2)cc1. The summed E-state index contributed by atoms with van der Waals surface area (Å²) < 4.78 is 1.96. The Morgan fingerprint density at radius 2 is 1.70 bits per heavy atom. The van der Waals surface area contributed by atoms with Crippen LogP contribution in [0.25, 0.3) is 16.9 Å². The maximum atomic E-state index is 11.2. The van der Waals surface area contributed by atoms with Gasteiger partial charge in [-0.15, -0.1) is 0 Å². The molecule has 2 aromatic heterocycles. The van der Waals surface area contributed by atoms with Crippen LogP contribution in [0.15, 0.2) is 72.9 Å². The number of amides is 1. The van der Waals surface area contributed by atoms with Crippen molar-refractivity contribution < 1.29 is 4.79 Å². The number of hydrogen-bond donors (Lipinski definition) is 2. The maximum Gasteiger partial charge on any atom is 0.221 e.